The molecular formula is C13H20FNO2. The van der Waals surface area contributed by atoms with Gasteiger partial charge in [-0.25, -0.2) is 4.39 Å². The number of benzene rings is 1. The van der Waals surface area contributed by atoms with Crippen LogP contribution in [0.4, 0.5) is 4.39 Å². The maximum Gasteiger partial charge on any atom is 0.126 e. The summed E-state index contributed by atoms with van der Waals surface area (Å²) < 4.78 is 18.3. The van der Waals surface area contributed by atoms with E-state index < -0.39 is 0 Å². The minimum absolute atomic E-state index is 0.276. The first-order valence-corrected chi connectivity index (χ1v) is 5.83. The molecule has 4 heteroatoms. The van der Waals surface area contributed by atoms with Gasteiger partial charge in [0.15, 0.2) is 0 Å². The fraction of sp³-hybridized carbons (Fsp3) is 0.538. The molecule has 0 heterocycles. The summed E-state index contributed by atoms with van der Waals surface area (Å²) in [5, 5.41) is 9.14. The summed E-state index contributed by atoms with van der Waals surface area (Å²) in [5.74, 6) is 0.263. The van der Waals surface area contributed by atoms with E-state index in [9.17, 15) is 4.39 Å². The van der Waals surface area contributed by atoms with Crippen LogP contribution in [0.25, 0.3) is 0 Å². The Hall–Kier alpha value is -1.13. The van der Waals surface area contributed by atoms with Crippen molar-refractivity contribution in [1.29, 1.82) is 0 Å². The highest BCUT2D eigenvalue weighted by molar-refractivity contribution is 5.22. The SMILES string of the molecule is CC(O)CCN(C)CCOc1cccc(F)c1. The minimum atomic E-state index is -0.287. The van der Waals surface area contributed by atoms with Crippen molar-refractivity contribution in [3.8, 4) is 5.75 Å². The van der Waals surface area contributed by atoms with Crippen LogP contribution in [0.3, 0.4) is 0 Å². The summed E-state index contributed by atoms with van der Waals surface area (Å²) in [7, 11) is 1.97. The van der Waals surface area contributed by atoms with Crippen molar-refractivity contribution in [2.75, 3.05) is 26.7 Å². The van der Waals surface area contributed by atoms with Gasteiger partial charge in [-0.1, -0.05) is 6.07 Å². The number of hydrogen-bond acceptors (Lipinski definition) is 3. The van der Waals surface area contributed by atoms with Crippen molar-refractivity contribution < 1.29 is 14.2 Å². The number of nitrogens with zero attached hydrogens (tertiary/aromatic N) is 1. The number of rotatable bonds is 7. The second-order valence-electron chi connectivity index (χ2n) is 4.25. The molecule has 0 saturated carbocycles. The van der Waals surface area contributed by atoms with Crippen molar-refractivity contribution in [2.24, 2.45) is 0 Å². The molecule has 1 aromatic rings. The van der Waals surface area contributed by atoms with Gasteiger partial charge in [-0.2, -0.15) is 0 Å². The molecule has 0 amide bonds. The van der Waals surface area contributed by atoms with Gasteiger partial charge in [0.25, 0.3) is 0 Å². The van der Waals surface area contributed by atoms with E-state index in [4.69, 9.17) is 9.84 Å². The highest BCUT2D eigenvalue weighted by Gasteiger charge is 2.02. The van der Waals surface area contributed by atoms with E-state index in [1.807, 2.05) is 7.05 Å². The van der Waals surface area contributed by atoms with Gasteiger partial charge < -0.3 is 14.7 Å². The molecule has 1 N–H and O–H groups in total. The van der Waals surface area contributed by atoms with Crippen LogP contribution in [0.15, 0.2) is 24.3 Å². The Kier molecular flexibility index (Phi) is 5.94. The zero-order valence-electron chi connectivity index (χ0n) is 10.4. The number of aliphatic hydroxyl groups is 1. The van der Waals surface area contributed by atoms with E-state index >= 15 is 0 Å². The zero-order valence-corrected chi connectivity index (χ0v) is 10.4. The van der Waals surface area contributed by atoms with Crippen molar-refractivity contribution in [2.45, 2.75) is 19.4 Å². The Balaban J connectivity index is 2.19. The molecule has 17 heavy (non-hydrogen) atoms. The quantitative estimate of drug-likeness (QED) is 0.791. The van der Waals surface area contributed by atoms with E-state index in [-0.39, 0.29) is 11.9 Å². The second kappa shape index (κ2) is 7.25. The van der Waals surface area contributed by atoms with E-state index in [1.54, 1.807) is 19.1 Å². The van der Waals surface area contributed by atoms with Crippen molar-refractivity contribution in [3.63, 3.8) is 0 Å². The lowest BCUT2D eigenvalue weighted by atomic mass is 10.3. The molecule has 96 valence electrons. The van der Waals surface area contributed by atoms with Crippen LogP contribution in [0.2, 0.25) is 0 Å². The van der Waals surface area contributed by atoms with Gasteiger partial charge in [0.1, 0.15) is 18.2 Å². The summed E-state index contributed by atoms with van der Waals surface area (Å²) >= 11 is 0. The number of hydrogen-bond donors (Lipinski definition) is 1. The van der Waals surface area contributed by atoms with Crippen molar-refractivity contribution >= 4 is 0 Å². The highest BCUT2D eigenvalue weighted by atomic mass is 19.1. The van der Waals surface area contributed by atoms with Crippen molar-refractivity contribution in [3.05, 3.63) is 30.1 Å². The molecule has 0 radical (unpaired) electrons. The van der Waals surface area contributed by atoms with Gasteiger partial charge in [-0.05, 0) is 32.5 Å². The van der Waals surface area contributed by atoms with Gasteiger partial charge in [0.2, 0.25) is 0 Å². The first kappa shape index (κ1) is 13.9. The third kappa shape index (κ3) is 6.24. The predicted molar refractivity (Wildman–Crippen MR) is 65.7 cm³/mol. The Labute approximate surface area is 102 Å². The summed E-state index contributed by atoms with van der Waals surface area (Å²) in [5.41, 5.74) is 0. The van der Waals surface area contributed by atoms with Crippen LogP contribution in [0, 0.1) is 5.82 Å². The van der Waals surface area contributed by atoms with Gasteiger partial charge in [0, 0.05) is 19.2 Å². The second-order valence-corrected chi connectivity index (χ2v) is 4.25. The van der Waals surface area contributed by atoms with E-state index in [2.05, 4.69) is 4.90 Å². The normalized spacial score (nSPS) is 12.8. The minimum Gasteiger partial charge on any atom is -0.492 e. The van der Waals surface area contributed by atoms with E-state index in [1.165, 1.54) is 12.1 Å². The van der Waals surface area contributed by atoms with Crippen molar-refractivity contribution in [1.82, 2.24) is 4.90 Å². The first-order chi connectivity index (χ1) is 8.08. The molecule has 0 aliphatic heterocycles. The Morgan fingerprint density at radius 3 is 2.82 bits per heavy atom. The van der Waals surface area contributed by atoms with Crippen LogP contribution < -0.4 is 4.74 Å². The summed E-state index contributed by atoms with van der Waals surface area (Å²) in [6.07, 6.45) is 0.470. The third-order valence-corrected chi connectivity index (χ3v) is 2.47. The molecule has 0 aliphatic rings. The van der Waals surface area contributed by atoms with Crippen LogP contribution in [0.5, 0.6) is 5.75 Å². The summed E-state index contributed by atoms with van der Waals surface area (Å²) in [4.78, 5) is 2.08. The summed E-state index contributed by atoms with van der Waals surface area (Å²) in [6, 6.07) is 6.12. The van der Waals surface area contributed by atoms with E-state index in [0.29, 0.717) is 12.4 Å². The smallest absolute Gasteiger partial charge is 0.126 e. The molecule has 0 saturated heterocycles. The molecule has 1 unspecified atom stereocenters. The van der Waals surface area contributed by atoms with Crippen LogP contribution in [0.1, 0.15) is 13.3 Å². The lowest BCUT2D eigenvalue weighted by Crippen LogP contribution is -2.27. The van der Waals surface area contributed by atoms with Gasteiger partial charge in [-0.15, -0.1) is 0 Å². The topological polar surface area (TPSA) is 32.7 Å². The molecule has 1 rings (SSSR count). The Morgan fingerprint density at radius 2 is 2.18 bits per heavy atom. The predicted octanol–water partition coefficient (Wildman–Crippen LogP) is 1.91. The fourth-order valence-corrected chi connectivity index (χ4v) is 1.40. The van der Waals surface area contributed by atoms with Crippen LogP contribution >= 0.6 is 0 Å². The first-order valence-electron chi connectivity index (χ1n) is 5.83. The number of ether oxygens (including phenoxy) is 1. The molecule has 1 aromatic carbocycles. The molecule has 0 spiro atoms. The average Bonchev–Trinajstić information content (AvgIpc) is 2.26. The van der Waals surface area contributed by atoms with E-state index in [0.717, 1.165) is 19.5 Å². The zero-order chi connectivity index (χ0) is 12.7. The fourth-order valence-electron chi connectivity index (χ4n) is 1.40. The molecule has 3 nitrogen and oxygen atoms in total. The molecular weight excluding hydrogens is 221 g/mol. The lowest BCUT2D eigenvalue weighted by Gasteiger charge is -2.17. The average molecular weight is 241 g/mol. The molecule has 0 aromatic heterocycles. The number of aliphatic hydroxyl groups excluding tert-OH is 1. The maximum absolute atomic E-state index is 12.8. The lowest BCUT2D eigenvalue weighted by molar-refractivity contribution is 0.157. The number of likely N-dealkylation sites (N-methyl/N-ethyl adjacent to an activating group) is 1. The molecule has 1 atom stereocenters. The number of halogens is 1. The maximum atomic E-state index is 12.8. The molecule has 0 fully saturated rings. The van der Waals surface area contributed by atoms with Gasteiger partial charge >= 0.3 is 0 Å². The Morgan fingerprint density at radius 1 is 1.41 bits per heavy atom. The van der Waals surface area contributed by atoms with Crippen LogP contribution in [-0.4, -0.2) is 42.9 Å². The third-order valence-electron chi connectivity index (χ3n) is 2.47. The van der Waals surface area contributed by atoms with Crippen LogP contribution in [-0.2, 0) is 0 Å². The Bertz CT molecular complexity index is 331. The molecule has 0 aliphatic carbocycles. The molecule has 0 bridgehead atoms. The highest BCUT2D eigenvalue weighted by Crippen LogP contribution is 2.11. The van der Waals surface area contributed by atoms with Gasteiger partial charge in [-0.3, -0.25) is 0 Å². The monoisotopic (exact) mass is 241 g/mol. The standard InChI is InChI=1S/C13H20FNO2/c1-11(16)6-7-15(2)8-9-17-13-5-3-4-12(14)10-13/h3-5,10-11,16H,6-9H2,1-2H3. The van der Waals surface area contributed by atoms with Gasteiger partial charge in [0.05, 0.1) is 6.10 Å². The summed E-state index contributed by atoms with van der Waals surface area (Å²) in [6.45, 7) is 3.87. The largest absolute Gasteiger partial charge is 0.492 e.